The Morgan fingerprint density at radius 1 is 1.23 bits per heavy atom. The summed E-state index contributed by atoms with van der Waals surface area (Å²) in [6, 6.07) is 2.34. The monoisotopic (exact) mass is 542 g/mol. The highest BCUT2D eigenvalue weighted by Crippen LogP contribution is 2.44. The number of rotatable bonds is 8. The van der Waals surface area contributed by atoms with E-state index in [-0.39, 0.29) is 36.5 Å². The number of piperidine rings is 1. The van der Waals surface area contributed by atoms with Gasteiger partial charge in [-0.25, -0.2) is 4.72 Å². The molecule has 1 spiro atoms. The summed E-state index contributed by atoms with van der Waals surface area (Å²) < 4.78 is 43.5. The van der Waals surface area contributed by atoms with Crippen molar-refractivity contribution < 1.29 is 37.8 Å². The van der Waals surface area contributed by atoms with E-state index < -0.39 is 52.1 Å². The van der Waals surface area contributed by atoms with Gasteiger partial charge in [-0.1, -0.05) is 0 Å². The first-order chi connectivity index (χ1) is 16.3. The van der Waals surface area contributed by atoms with Gasteiger partial charge in [-0.2, -0.15) is 13.2 Å². The Kier molecular flexibility index (Phi) is 7.77. The van der Waals surface area contributed by atoms with Crippen LogP contribution in [0.2, 0.25) is 0 Å². The topological polar surface area (TPSA) is 175 Å². The van der Waals surface area contributed by atoms with E-state index in [2.05, 4.69) is 19.7 Å². The number of nitrogens with zero attached hydrogens (tertiary/aromatic N) is 3. The maximum Gasteiger partial charge on any atom is 0.417 e. The molecule has 2 aliphatic heterocycles. The van der Waals surface area contributed by atoms with Crippen LogP contribution in [0.5, 0.6) is 0 Å². The van der Waals surface area contributed by atoms with Gasteiger partial charge in [0.25, 0.3) is 10.2 Å². The summed E-state index contributed by atoms with van der Waals surface area (Å²) in [6.45, 7) is -0.0264. The molecule has 0 radical (unpaired) electrons. The molecule has 194 valence electrons. The Labute approximate surface area is 204 Å². The van der Waals surface area contributed by atoms with Crippen LogP contribution in [0.25, 0.3) is 0 Å². The van der Waals surface area contributed by atoms with Crippen molar-refractivity contribution in [3.63, 3.8) is 0 Å². The van der Waals surface area contributed by atoms with E-state index in [9.17, 15) is 38.2 Å². The number of amides is 1. The van der Waals surface area contributed by atoms with Gasteiger partial charge in [-0.3, -0.25) is 9.93 Å². The number of alkyl halides is 3. The Hall–Kier alpha value is -2.70. The molecule has 1 aromatic carbocycles. The molecule has 0 unspecified atom stereocenters. The van der Waals surface area contributed by atoms with Gasteiger partial charge in [0.2, 0.25) is 5.91 Å². The summed E-state index contributed by atoms with van der Waals surface area (Å²) in [6.07, 6.45) is -4.07. The standard InChI is InChI=1S/C17H21F3N6O7S2/c1-15(8-32-25(28)29,9-33-26(30)31)14(27)24-4-2-16(3-5-24)22-11-6-10(17(18,19)20)12(34-21)7-13(11)35-23-16/h6-7,22-23H,2-5,8-9,21H2,1H3. The van der Waals surface area contributed by atoms with Gasteiger partial charge in [0.05, 0.1) is 16.7 Å². The molecule has 1 aromatic rings. The molecule has 2 aliphatic rings. The molecule has 0 atom stereocenters. The number of hydrogen-bond donors (Lipinski definition) is 3. The van der Waals surface area contributed by atoms with Crippen molar-refractivity contribution in [3.8, 4) is 0 Å². The maximum atomic E-state index is 13.4. The lowest BCUT2D eigenvalue weighted by molar-refractivity contribution is -0.770. The number of likely N-dealkylation sites (tertiary alicyclic amines) is 1. The van der Waals surface area contributed by atoms with E-state index in [4.69, 9.17) is 5.14 Å². The van der Waals surface area contributed by atoms with E-state index in [1.54, 1.807) is 0 Å². The average Bonchev–Trinajstić information content (AvgIpc) is 2.80. The van der Waals surface area contributed by atoms with Crippen LogP contribution in [0.1, 0.15) is 25.3 Å². The van der Waals surface area contributed by atoms with E-state index in [1.807, 2.05) is 0 Å². The zero-order chi connectivity index (χ0) is 26.0. The van der Waals surface area contributed by atoms with Crippen LogP contribution in [-0.4, -0.2) is 52.9 Å². The average molecular weight is 543 g/mol. The number of carbonyl (C=O) groups is 1. The second-order valence-electron chi connectivity index (χ2n) is 8.22. The van der Waals surface area contributed by atoms with Crippen LogP contribution >= 0.6 is 23.9 Å². The predicted molar refractivity (Wildman–Crippen MR) is 117 cm³/mol. The first kappa shape index (κ1) is 26.9. The largest absolute Gasteiger partial charge is 0.417 e. The van der Waals surface area contributed by atoms with Gasteiger partial charge < -0.3 is 19.9 Å². The van der Waals surface area contributed by atoms with Crippen molar-refractivity contribution in [2.45, 2.75) is 41.4 Å². The van der Waals surface area contributed by atoms with Crippen LogP contribution in [0.15, 0.2) is 21.9 Å². The molecule has 1 fully saturated rings. The molecule has 0 aromatic heterocycles. The number of nitrogens with one attached hydrogen (secondary N) is 2. The maximum absolute atomic E-state index is 13.4. The molecular formula is C17H21F3N6O7S2. The molecule has 3 rings (SSSR count). The second-order valence-corrected chi connectivity index (χ2v) is 9.74. The van der Waals surface area contributed by atoms with Gasteiger partial charge in [-0.15, -0.1) is 20.2 Å². The van der Waals surface area contributed by atoms with Crippen LogP contribution in [0, 0.1) is 25.6 Å². The zero-order valence-electron chi connectivity index (χ0n) is 18.1. The Balaban J connectivity index is 1.73. The third-order valence-corrected chi connectivity index (χ3v) is 7.28. The molecule has 2 heterocycles. The number of nitrogens with two attached hydrogens (primary N) is 1. The van der Waals surface area contributed by atoms with Crippen molar-refractivity contribution in [1.82, 2.24) is 9.62 Å². The first-order valence-electron chi connectivity index (χ1n) is 9.97. The van der Waals surface area contributed by atoms with Crippen LogP contribution in [0.3, 0.4) is 0 Å². The van der Waals surface area contributed by atoms with E-state index >= 15 is 0 Å². The van der Waals surface area contributed by atoms with Gasteiger partial charge in [0, 0.05) is 35.7 Å². The SMILES string of the molecule is CC(CO[N+](=O)[O-])(CO[N+](=O)[O-])C(=O)N1CCC2(CC1)NSc1cc(SN)c(C(F)(F)F)cc1N2. The fraction of sp³-hybridized carbons (Fsp3) is 0.588. The molecule has 1 saturated heterocycles. The number of hydrogen-bond acceptors (Lipinski definition) is 12. The summed E-state index contributed by atoms with van der Waals surface area (Å²) in [7, 11) is 0. The minimum Gasteiger partial charge on any atom is -0.365 e. The quantitative estimate of drug-likeness (QED) is 0.249. The van der Waals surface area contributed by atoms with Gasteiger partial charge in [0.1, 0.15) is 18.9 Å². The number of benzene rings is 1. The highest BCUT2D eigenvalue weighted by Gasteiger charge is 2.45. The third-order valence-electron chi connectivity index (χ3n) is 5.64. The lowest BCUT2D eigenvalue weighted by atomic mass is 9.88. The van der Waals surface area contributed by atoms with E-state index in [0.717, 1.165) is 18.0 Å². The lowest BCUT2D eigenvalue weighted by Crippen LogP contribution is -2.60. The predicted octanol–water partition coefficient (Wildman–Crippen LogP) is 2.44. The number of anilines is 1. The zero-order valence-corrected chi connectivity index (χ0v) is 19.8. The smallest absolute Gasteiger partial charge is 0.365 e. The molecule has 1 amide bonds. The van der Waals surface area contributed by atoms with Crippen molar-refractivity contribution >= 4 is 35.5 Å². The highest BCUT2D eigenvalue weighted by atomic mass is 32.2. The second kappa shape index (κ2) is 10.1. The Morgan fingerprint density at radius 2 is 1.80 bits per heavy atom. The number of halogens is 3. The highest BCUT2D eigenvalue weighted by molar-refractivity contribution is 7.98. The summed E-state index contributed by atoms with van der Waals surface area (Å²) in [5.41, 5.74) is -3.15. The molecule has 0 aliphatic carbocycles. The van der Waals surface area contributed by atoms with Crippen LogP contribution < -0.4 is 15.2 Å². The fourth-order valence-corrected chi connectivity index (χ4v) is 5.27. The molecular weight excluding hydrogens is 521 g/mol. The summed E-state index contributed by atoms with van der Waals surface area (Å²) in [4.78, 5) is 44.6. The molecule has 4 N–H and O–H groups in total. The van der Waals surface area contributed by atoms with Crippen LogP contribution in [-0.2, 0) is 20.6 Å². The van der Waals surface area contributed by atoms with E-state index in [0.29, 0.717) is 16.8 Å². The first-order valence-corrected chi connectivity index (χ1v) is 11.7. The van der Waals surface area contributed by atoms with E-state index in [1.165, 1.54) is 17.9 Å². The molecule has 0 bridgehead atoms. The van der Waals surface area contributed by atoms with Crippen LogP contribution in [0.4, 0.5) is 18.9 Å². The minimum atomic E-state index is -4.60. The molecule has 18 heteroatoms. The number of fused-ring (bicyclic) bond motifs is 1. The fourth-order valence-electron chi connectivity index (χ4n) is 3.75. The van der Waals surface area contributed by atoms with Crippen molar-refractivity contribution in [2.24, 2.45) is 10.6 Å². The molecule has 13 nitrogen and oxygen atoms in total. The number of carbonyl (C=O) groups excluding carboxylic acids is 1. The van der Waals surface area contributed by atoms with Crippen molar-refractivity contribution in [2.75, 3.05) is 31.6 Å². The van der Waals surface area contributed by atoms with Crippen molar-refractivity contribution in [3.05, 3.63) is 37.9 Å². The summed E-state index contributed by atoms with van der Waals surface area (Å²) in [5.74, 6) is -0.649. The lowest BCUT2D eigenvalue weighted by Gasteiger charge is -2.47. The molecule has 35 heavy (non-hydrogen) atoms. The minimum absolute atomic E-state index is 0.114. The van der Waals surface area contributed by atoms with Gasteiger partial charge >= 0.3 is 6.18 Å². The summed E-state index contributed by atoms with van der Waals surface area (Å²) in [5, 5.41) is 27.5. The molecule has 0 saturated carbocycles. The third kappa shape index (κ3) is 6.11. The van der Waals surface area contributed by atoms with Gasteiger partial charge in [-0.05, 0) is 43.0 Å². The van der Waals surface area contributed by atoms with Crippen molar-refractivity contribution in [1.29, 1.82) is 0 Å². The normalized spacial score (nSPS) is 17.3. The Morgan fingerprint density at radius 3 is 2.29 bits per heavy atom. The summed E-state index contributed by atoms with van der Waals surface area (Å²) >= 11 is 1.64. The Bertz CT molecular complexity index is 989. The van der Waals surface area contributed by atoms with Gasteiger partial charge in [0.15, 0.2) is 0 Å².